The molecule has 1 aromatic carbocycles. The first-order valence-electron chi connectivity index (χ1n) is 5.89. The highest BCUT2D eigenvalue weighted by Crippen LogP contribution is 2.21. The van der Waals surface area contributed by atoms with Crippen LogP contribution in [0.1, 0.15) is 16.1 Å². The number of carbonyl (C=O) groups is 1. The maximum atomic E-state index is 13.0. The van der Waals surface area contributed by atoms with Crippen molar-refractivity contribution in [3.63, 3.8) is 0 Å². The number of hydrogen-bond acceptors (Lipinski definition) is 3. The molecule has 1 aromatic heterocycles. The van der Waals surface area contributed by atoms with Gasteiger partial charge < -0.3 is 9.67 Å². The molecule has 0 atom stereocenters. The van der Waals surface area contributed by atoms with Gasteiger partial charge in [-0.15, -0.1) is 0 Å². The number of hydrogen-bond donors (Lipinski definition) is 2. The molecule has 112 valence electrons. The number of halogens is 1. The van der Waals surface area contributed by atoms with Crippen LogP contribution in [-0.2, 0) is 17.1 Å². The molecule has 0 saturated carbocycles. The van der Waals surface area contributed by atoms with Gasteiger partial charge in [0.15, 0.2) is 0 Å². The van der Waals surface area contributed by atoms with Crippen molar-refractivity contribution in [3.05, 3.63) is 47.5 Å². The highest BCUT2D eigenvalue weighted by molar-refractivity contribution is 7.92. The van der Waals surface area contributed by atoms with E-state index in [4.69, 9.17) is 5.11 Å². The lowest BCUT2D eigenvalue weighted by Crippen LogP contribution is -2.13. The third kappa shape index (κ3) is 3.05. The van der Waals surface area contributed by atoms with Gasteiger partial charge in [0.2, 0.25) is 0 Å². The second-order valence-corrected chi connectivity index (χ2v) is 6.22. The maximum Gasteiger partial charge on any atom is 0.352 e. The molecule has 0 unspecified atom stereocenters. The lowest BCUT2D eigenvalue weighted by Gasteiger charge is -2.09. The molecule has 0 amide bonds. The van der Waals surface area contributed by atoms with Crippen LogP contribution in [0.4, 0.5) is 10.1 Å². The van der Waals surface area contributed by atoms with E-state index in [9.17, 15) is 17.6 Å². The number of benzene rings is 1. The van der Waals surface area contributed by atoms with Crippen LogP contribution in [-0.4, -0.2) is 24.1 Å². The van der Waals surface area contributed by atoms with Crippen molar-refractivity contribution in [1.82, 2.24) is 4.57 Å². The molecule has 0 aliphatic carbocycles. The number of sulfonamides is 1. The van der Waals surface area contributed by atoms with Crippen LogP contribution in [0.3, 0.4) is 0 Å². The Balaban J connectivity index is 2.38. The van der Waals surface area contributed by atoms with E-state index in [0.717, 1.165) is 12.1 Å². The van der Waals surface area contributed by atoms with Crippen LogP contribution in [0.2, 0.25) is 0 Å². The SMILES string of the molecule is Cc1cc(F)ccc1NS(=O)(=O)c1cc(C(=O)O)n(C)c1. The van der Waals surface area contributed by atoms with Gasteiger partial charge in [-0.1, -0.05) is 0 Å². The van der Waals surface area contributed by atoms with Crippen molar-refractivity contribution < 1.29 is 22.7 Å². The molecule has 0 radical (unpaired) electrons. The summed E-state index contributed by atoms with van der Waals surface area (Å²) in [6, 6.07) is 4.71. The topological polar surface area (TPSA) is 88.4 Å². The monoisotopic (exact) mass is 312 g/mol. The summed E-state index contributed by atoms with van der Waals surface area (Å²) < 4.78 is 40.9. The summed E-state index contributed by atoms with van der Waals surface area (Å²) >= 11 is 0. The summed E-state index contributed by atoms with van der Waals surface area (Å²) in [6.45, 7) is 1.56. The molecular weight excluding hydrogens is 299 g/mol. The Hall–Kier alpha value is -2.35. The van der Waals surface area contributed by atoms with Crippen LogP contribution in [0, 0.1) is 12.7 Å². The molecule has 1 heterocycles. The van der Waals surface area contributed by atoms with E-state index >= 15 is 0 Å². The standard InChI is InChI=1S/C13H13FN2O4S/c1-8-5-9(14)3-4-11(8)15-21(19,20)10-6-12(13(17)18)16(2)7-10/h3-7,15H,1-2H3,(H,17,18). The number of nitrogens with zero attached hydrogens (tertiary/aromatic N) is 1. The largest absolute Gasteiger partial charge is 0.477 e. The summed E-state index contributed by atoms with van der Waals surface area (Å²) in [5.74, 6) is -1.69. The molecule has 0 aliphatic rings. The second kappa shape index (κ2) is 5.21. The summed E-state index contributed by atoms with van der Waals surface area (Å²) in [7, 11) is -2.50. The molecule has 21 heavy (non-hydrogen) atoms. The highest BCUT2D eigenvalue weighted by Gasteiger charge is 2.21. The van der Waals surface area contributed by atoms with Crippen LogP contribution in [0.25, 0.3) is 0 Å². The highest BCUT2D eigenvalue weighted by atomic mass is 32.2. The molecule has 2 aromatic rings. The van der Waals surface area contributed by atoms with Gasteiger partial charge in [0.1, 0.15) is 16.4 Å². The Kier molecular flexibility index (Phi) is 3.73. The third-order valence-corrected chi connectivity index (χ3v) is 4.27. The summed E-state index contributed by atoms with van der Waals surface area (Å²) in [5, 5.41) is 8.93. The normalized spacial score (nSPS) is 11.4. The van der Waals surface area contributed by atoms with Gasteiger partial charge >= 0.3 is 5.97 Å². The number of anilines is 1. The number of aromatic carboxylic acids is 1. The molecule has 0 saturated heterocycles. The van der Waals surface area contributed by atoms with E-state index in [2.05, 4.69) is 4.72 Å². The van der Waals surface area contributed by atoms with Gasteiger partial charge in [-0.3, -0.25) is 4.72 Å². The number of aromatic nitrogens is 1. The zero-order valence-electron chi connectivity index (χ0n) is 11.3. The van der Waals surface area contributed by atoms with Crippen molar-refractivity contribution in [2.24, 2.45) is 7.05 Å². The van der Waals surface area contributed by atoms with Gasteiger partial charge in [0, 0.05) is 13.2 Å². The molecule has 0 bridgehead atoms. The zero-order valence-corrected chi connectivity index (χ0v) is 12.1. The predicted molar refractivity (Wildman–Crippen MR) is 74.3 cm³/mol. The quantitative estimate of drug-likeness (QED) is 0.903. The Morgan fingerprint density at radius 2 is 2.00 bits per heavy atom. The molecule has 0 spiro atoms. The summed E-state index contributed by atoms with van der Waals surface area (Å²) in [4.78, 5) is 10.8. The molecule has 2 N–H and O–H groups in total. The molecule has 2 rings (SSSR count). The zero-order chi connectivity index (χ0) is 15.8. The van der Waals surface area contributed by atoms with Crippen molar-refractivity contribution in [2.75, 3.05) is 4.72 Å². The average molecular weight is 312 g/mol. The molecule has 8 heteroatoms. The fraction of sp³-hybridized carbons (Fsp3) is 0.154. The number of carboxylic acid groups (broad SMARTS) is 1. The van der Waals surface area contributed by atoms with E-state index in [1.54, 1.807) is 6.92 Å². The first-order chi connectivity index (χ1) is 9.70. The lowest BCUT2D eigenvalue weighted by molar-refractivity contribution is 0.0686. The van der Waals surface area contributed by atoms with Gasteiger partial charge in [0.05, 0.1) is 5.69 Å². The van der Waals surface area contributed by atoms with Gasteiger partial charge in [0.25, 0.3) is 10.0 Å². The minimum Gasteiger partial charge on any atom is -0.477 e. The van der Waals surface area contributed by atoms with E-state index < -0.39 is 21.8 Å². The van der Waals surface area contributed by atoms with Crippen molar-refractivity contribution in [2.45, 2.75) is 11.8 Å². The number of carboxylic acids is 1. The van der Waals surface area contributed by atoms with Crippen LogP contribution in [0.5, 0.6) is 0 Å². The van der Waals surface area contributed by atoms with E-state index in [-0.39, 0.29) is 16.3 Å². The number of nitrogens with one attached hydrogen (secondary N) is 1. The van der Waals surface area contributed by atoms with Crippen molar-refractivity contribution >= 4 is 21.7 Å². The molecular formula is C13H13FN2O4S. The summed E-state index contributed by atoms with van der Waals surface area (Å²) in [5.41, 5.74) is 0.510. The average Bonchev–Trinajstić information content (AvgIpc) is 2.76. The van der Waals surface area contributed by atoms with Crippen molar-refractivity contribution in [1.29, 1.82) is 0 Å². The molecule has 0 aliphatic heterocycles. The fourth-order valence-corrected chi connectivity index (χ4v) is 3.04. The van der Waals surface area contributed by atoms with E-state index in [1.165, 1.54) is 29.9 Å². The Bertz CT molecular complexity index is 812. The van der Waals surface area contributed by atoms with Crippen LogP contribution < -0.4 is 4.72 Å². The van der Waals surface area contributed by atoms with Crippen LogP contribution in [0.15, 0.2) is 35.4 Å². The fourth-order valence-electron chi connectivity index (χ4n) is 1.84. The predicted octanol–water partition coefficient (Wildman–Crippen LogP) is 1.97. The van der Waals surface area contributed by atoms with Gasteiger partial charge in [-0.05, 0) is 36.8 Å². The smallest absolute Gasteiger partial charge is 0.352 e. The summed E-state index contributed by atoms with van der Waals surface area (Å²) in [6.07, 6.45) is 1.20. The number of rotatable bonds is 4. The van der Waals surface area contributed by atoms with E-state index in [0.29, 0.717) is 5.56 Å². The second-order valence-electron chi connectivity index (χ2n) is 4.54. The molecule has 0 fully saturated rings. The maximum absolute atomic E-state index is 13.0. The first kappa shape index (κ1) is 15.0. The minimum absolute atomic E-state index is 0.147. The van der Waals surface area contributed by atoms with Gasteiger partial charge in [-0.25, -0.2) is 17.6 Å². The van der Waals surface area contributed by atoms with Crippen LogP contribution >= 0.6 is 0 Å². The molecule has 6 nitrogen and oxygen atoms in total. The lowest BCUT2D eigenvalue weighted by atomic mass is 10.2. The Morgan fingerprint density at radius 3 is 2.52 bits per heavy atom. The Labute approximate surface area is 120 Å². The number of aryl methyl sites for hydroxylation is 2. The van der Waals surface area contributed by atoms with Gasteiger partial charge in [-0.2, -0.15) is 0 Å². The minimum atomic E-state index is -3.94. The third-order valence-electron chi connectivity index (χ3n) is 2.94. The van der Waals surface area contributed by atoms with Crippen molar-refractivity contribution in [3.8, 4) is 0 Å². The first-order valence-corrected chi connectivity index (χ1v) is 7.37. The van der Waals surface area contributed by atoms with E-state index in [1.807, 2.05) is 0 Å². The Morgan fingerprint density at radius 1 is 1.33 bits per heavy atom.